The number of guanidine groups is 1. The van der Waals surface area contributed by atoms with Crippen LogP contribution in [0.3, 0.4) is 0 Å². The molecule has 0 aliphatic carbocycles. The summed E-state index contributed by atoms with van der Waals surface area (Å²) < 4.78 is 16.7. The molecule has 9 heteroatoms. The average Bonchev–Trinajstić information content (AvgIpc) is 2.69. The molecule has 1 aromatic carbocycles. The number of rotatable bonds is 5. The third-order valence-electron chi connectivity index (χ3n) is 4.31. The Morgan fingerprint density at radius 1 is 1.15 bits per heavy atom. The molecule has 150 valence electrons. The highest BCUT2D eigenvalue weighted by Gasteiger charge is 2.23. The van der Waals surface area contributed by atoms with Crippen LogP contribution in [0.2, 0.25) is 0 Å². The van der Waals surface area contributed by atoms with Gasteiger partial charge in [-0.05, 0) is 24.6 Å². The van der Waals surface area contributed by atoms with Crippen LogP contribution in [0.5, 0.6) is 11.5 Å². The molecule has 1 heterocycles. The second-order valence-corrected chi connectivity index (χ2v) is 6.73. The predicted octanol–water partition coefficient (Wildman–Crippen LogP) is 2.32. The van der Waals surface area contributed by atoms with E-state index in [9.17, 15) is 4.79 Å². The minimum absolute atomic E-state index is 0.255. The Kier molecular flexibility index (Phi) is 8.02. The Labute approximate surface area is 168 Å². The van der Waals surface area contributed by atoms with Crippen LogP contribution in [0, 0.1) is 0 Å². The highest BCUT2D eigenvalue weighted by Crippen LogP contribution is 2.33. The van der Waals surface area contributed by atoms with E-state index in [4.69, 9.17) is 14.2 Å². The summed E-state index contributed by atoms with van der Waals surface area (Å²) in [5, 5.41) is 3.37. The van der Waals surface area contributed by atoms with E-state index in [1.54, 1.807) is 26.2 Å². The number of methoxy groups -OCH3 is 2. The van der Waals surface area contributed by atoms with Crippen LogP contribution >= 0.6 is 15.9 Å². The number of aliphatic imine (C=N–C) groups is 1. The van der Waals surface area contributed by atoms with Crippen molar-refractivity contribution in [2.45, 2.75) is 13.5 Å². The number of carbonyl (C=O) groups excluding carboxylic acids is 1. The van der Waals surface area contributed by atoms with Gasteiger partial charge in [0.2, 0.25) is 0 Å². The monoisotopic (exact) mass is 442 g/mol. The minimum Gasteiger partial charge on any atom is -0.493 e. The number of nitrogens with one attached hydrogen (secondary N) is 1. The first-order valence-corrected chi connectivity index (χ1v) is 9.61. The Hall–Kier alpha value is -2.16. The van der Waals surface area contributed by atoms with Crippen molar-refractivity contribution < 1.29 is 19.0 Å². The first kappa shape index (κ1) is 21.1. The fraction of sp³-hybridized carbons (Fsp3) is 0.556. The topological polar surface area (TPSA) is 75.6 Å². The van der Waals surface area contributed by atoms with Gasteiger partial charge in [-0.15, -0.1) is 0 Å². The van der Waals surface area contributed by atoms with Gasteiger partial charge in [-0.1, -0.05) is 15.9 Å². The second kappa shape index (κ2) is 10.2. The van der Waals surface area contributed by atoms with Crippen LogP contribution < -0.4 is 14.8 Å². The molecule has 0 spiro atoms. The molecular formula is C18H27BrN4O4. The van der Waals surface area contributed by atoms with E-state index in [2.05, 4.69) is 31.1 Å². The molecule has 1 fully saturated rings. The van der Waals surface area contributed by atoms with E-state index in [-0.39, 0.29) is 6.09 Å². The summed E-state index contributed by atoms with van der Waals surface area (Å²) in [5.41, 5.74) is 1.03. The largest absolute Gasteiger partial charge is 0.493 e. The summed E-state index contributed by atoms with van der Waals surface area (Å²) in [5.74, 6) is 2.14. The van der Waals surface area contributed by atoms with Gasteiger partial charge >= 0.3 is 6.09 Å². The first-order chi connectivity index (χ1) is 13.0. The highest BCUT2D eigenvalue weighted by atomic mass is 79.9. The Bertz CT molecular complexity index is 676. The number of amides is 1. The molecule has 1 aromatic rings. The summed E-state index contributed by atoms with van der Waals surface area (Å²) in [6.07, 6.45) is -0.255. The number of hydrogen-bond donors (Lipinski definition) is 1. The zero-order valence-electron chi connectivity index (χ0n) is 16.2. The fourth-order valence-corrected chi connectivity index (χ4v) is 3.32. The van der Waals surface area contributed by atoms with Gasteiger partial charge in [0.15, 0.2) is 17.5 Å². The molecule has 1 N–H and O–H groups in total. The summed E-state index contributed by atoms with van der Waals surface area (Å²) in [6, 6.07) is 3.82. The van der Waals surface area contributed by atoms with Crippen LogP contribution in [0.15, 0.2) is 21.6 Å². The van der Waals surface area contributed by atoms with Gasteiger partial charge in [0, 0.05) is 44.2 Å². The molecule has 0 saturated carbocycles. The number of halogens is 1. The number of ether oxygens (including phenoxy) is 3. The number of benzene rings is 1. The molecule has 0 aromatic heterocycles. The van der Waals surface area contributed by atoms with E-state index >= 15 is 0 Å². The molecule has 0 radical (unpaired) electrons. The number of hydrogen-bond acceptors (Lipinski definition) is 5. The van der Waals surface area contributed by atoms with Gasteiger partial charge in [0.25, 0.3) is 0 Å². The summed E-state index contributed by atoms with van der Waals surface area (Å²) >= 11 is 3.57. The number of carbonyl (C=O) groups is 1. The van der Waals surface area contributed by atoms with Crippen molar-refractivity contribution in [3.63, 3.8) is 0 Å². The smallest absolute Gasteiger partial charge is 0.409 e. The van der Waals surface area contributed by atoms with Crippen molar-refractivity contribution in [2.24, 2.45) is 4.99 Å². The van der Waals surface area contributed by atoms with Gasteiger partial charge in [0.05, 0.1) is 20.8 Å². The molecule has 1 saturated heterocycles. The maximum Gasteiger partial charge on any atom is 0.409 e. The molecule has 0 atom stereocenters. The molecule has 1 aliphatic heterocycles. The molecule has 0 bridgehead atoms. The highest BCUT2D eigenvalue weighted by molar-refractivity contribution is 9.10. The van der Waals surface area contributed by atoms with E-state index in [0.717, 1.165) is 16.0 Å². The van der Waals surface area contributed by atoms with E-state index in [0.29, 0.717) is 50.8 Å². The molecular weight excluding hydrogens is 416 g/mol. The van der Waals surface area contributed by atoms with Crippen molar-refractivity contribution in [3.05, 3.63) is 22.2 Å². The lowest BCUT2D eigenvalue weighted by Crippen LogP contribution is -2.53. The zero-order chi connectivity index (χ0) is 19.8. The lowest BCUT2D eigenvalue weighted by atomic mass is 10.2. The van der Waals surface area contributed by atoms with Gasteiger partial charge in [-0.3, -0.25) is 4.99 Å². The van der Waals surface area contributed by atoms with Crippen molar-refractivity contribution >= 4 is 28.0 Å². The van der Waals surface area contributed by atoms with Gasteiger partial charge in [-0.2, -0.15) is 0 Å². The number of nitrogens with zero attached hydrogens (tertiary/aromatic N) is 3. The lowest BCUT2D eigenvalue weighted by molar-refractivity contribution is 0.0914. The van der Waals surface area contributed by atoms with Crippen molar-refractivity contribution in [1.82, 2.24) is 15.1 Å². The van der Waals surface area contributed by atoms with Crippen LogP contribution in [-0.2, 0) is 11.3 Å². The van der Waals surface area contributed by atoms with Crippen LogP contribution in [0.4, 0.5) is 4.79 Å². The summed E-state index contributed by atoms with van der Waals surface area (Å²) in [4.78, 5) is 20.0. The van der Waals surface area contributed by atoms with E-state index < -0.39 is 0 Å². The third kappa shape index (κ3) is 5.41. The third-order valence-corrected chi connectivity index (χ3v) is 5.04. The molecule has 1 aliphatic rings. The van der Waals surface area contributed by atoms with Gasteiger partial charge in [0.1, 0.15) is 0 Å². The van der Waals surface area contributed by atoms with Crippen LogP contribution in [-0.4, -0.2) is 75.9 Å². The minimum atomic E-state index is -0.255. The van der Waals surface area contributed by atoms with Crippen molar-refractivity contribution in [1.29, 1.82) is 0 Å². The SMILES string of the molecule is CCOC(=O)N1CCN(C(=NC)NCc2cc(OC)c(OC)cc2Br)CC1. The maximum absolute atomic E-state index is 11.8. The average molecular weight is 443 g/mol. The van der Waals surface area contributed by atoms with E-state index in [1.165, 1.54) is 0 Å². The van der Waals surface area contributed by atoms with Gasteiger partial charge < -0.3 is 29.3 Å². The molecule has 1 amide bonds. The Balaban J connectivity index is 1.96. The van der Waals surface area contributed by atoms with Gasteiger partial charge in [-0.25, -0.2) is 4.79 Å². The Morgan fingerprint density at radius 2 is 1.74 bits per heavy atom. The normalized spacial score (nSPS) is 14.8. The lowest BCUT2D eigenvalue weighted by Gasteiger charge is -2.35. The van der Waals surface area contributed by atoms with Crippen LogP contribution in [0.1, 0.15) is 12.5 Å². The molecule has 27 heavy (non-hydrogen) atoms. The molecule has 2 rings (SSSR count). The number of piperazine rings is 1. The zero-order valence-corrected chi connectivity index (χ0v) is 17.8. The van der Waals surface area contributed by atoms with Crippen molar-refractivity contribution in [2.75, 3.05) is 54.1 Å². The fourth-order valence-electron chi connectivity index (χ4n) is 2.85. The van der Waals surface area contributed by atoms with E-state index in [1.807, 2.05) is 19.1 Å². The first-order valence-electron chi connectivity index (χ1n) is 8.81. The Morgan fingerprint density at radius 3 is 2.30 bits per heavy atom. The summed E-state index contributed by atoms with van der Waals surface area (Å²) in [6.45, 7) is 5.40. The second-order valence-electron chi connectivity index (χ2n) is 5.87. The summed E-state index contributed by atoms with van der Waals surface area (Å²) in [7, 11) is 4.98. The predicted molar refractivity (Wildman–Crippen MR) is 108 cm³/mol. The molecule has 8 nitrogen and oxygen atoms in total. The van der Waals surface area contributed by atoms with Crippen LogP contribution in [0.25, 0.3) is 0 Å². The standard InChI is InChI=1S/C18H27BrN4O4/c1-5-27-18(24)23-8-6-22(7-9-23)17(20-2)21-12-13-10-15(25-3)16(26-4)11-14(13)19/h10-11H,5-9,12H2,1-4H3,(H,20,21). The maximum atomic E-state index is 11.8. The molecule has 0 unspecified atom stereocenters. The quantitative estimate of drug-likeness (QED) is 0.556. The van der Waals surface area contributed by atoms with Crippen molar-refractivity contribution in [3.8, 4) is 11.5 Å².